The topological polar surface area (TPSA) is 90.0 Å². The van der Waals surface area contributed by atoms with Gasteiger partial charge in [-0.1, -0.05) is 12.1 Å². The van der Waals surface area contributed by atoms with E-state index in [1.165, 1.54) is 0 Å². The molecule has 0 fully saturated rings. The minimum atomic E-state index is -0.0668. The standard InChI is InChI=1S/C19H21N7O/c1-12-16-17(24-19(23-12)21-9-8-13-10-20-11-22-13)25(2)15-7-5-4-6-14(15)18(27)26(16)3/h4-7,10-11H,8-9H2,1-3H3,(H,20,22)(H,21,23,24). The molecule has 0 saturated carbocycles. The van der Waals surface area contributed by atoms with Crippen LogP contribution in [0.4, 0.5) is 23.1 Å². The van der Waals surface area contributed by atoms with Crippen molar-refractivity contribution in [2.75, 3.05) is 35.8 Å². The molecule has 1 amide bonds. The number of hydrogen-bond donors (Lipinski definition) is 2. The molecule has 0 bridgehead atoms. The first-order valence-corrected chi connectivity index (χ1v) is 8.77. The minimum absolute atomic E-state index is 0.0668. The van der Waals surface area contributed by atoms with E-state index in [1.807, 2.05) is 43.1 Å². The lowest BCUT2D eigenvalue weighted by atomic mass is 10.1. The van der Waals surface area contributed by atoms with Crippen molar-refractivity contribution in [1.82, 2.24) is 19.9 Å². The second kappa shape index (κ2) is 6.71. The molecule has 0 saturated heterocycles. The van der Waals surface area contributed by atoms with Gasteiger partial charge in [0.05, 0.1) is 23.3 Å². The zero-order valence-electron chi connectivity index (χ0n) is 15.5. The van der Waals surface area contributed by atoms with E-state index in [2.05, 4.69) is 20.3 Å². The number of fused-ring (bicyclic) bond motifs is 2. The summed E-state index contributed by atoms with van der Waals surface area (Å²) >= 11 is 0. The number of aryl methyl sites for hydroxylation is 1. The van der Waals surface area contributed by atoms with Crippen LogP contribution in [-0.2, 0) is 6.42 Å². The monoisotopic (exact) mass is 363 g/mol. The Morgan fingerprint density at radius 1 is 1.15 bits per heavy atom. The molecule has 138 valence electrons. The molecule has 3 heterocycles. The number of aromatic nitrogens is 4. The van der Waals surface area contributed by atoms with Crippen LogP contribution in [0.5, 0.6) is 0 Å². The lowest BCUT2D eigenvalue weighted by molar-refractivity contribution is 0.0994. The van der Waals surface area contributed by atoms with Gasteiger partial charge in [0.15, 0.2) is 5.82 Å². The number of amides is 1. The van der Waals surface area contributed by atoms with Crippen LogP contribution in [0, 0.1) is 6.92 Å². The maximum Gasteiger partial charge on any atom is 0.260 e. The predicted molar refractivity (Wildman–Crippen MR) is 105 cm³/mol. The van der Waals surface area contributed by atoms with E-state index < -0.39 is 0 Å². The molecule has 0 unspecified atom stereocenters. The summed E-state index contributed by atoms with van der Waals surface area (Å²) in [5.74, 6) is 1.17. The van der Waals surface area contributed by atoms with Crippen LogP contribution in [0.15, 0.2) is 36.8 Å². The summed E-state index contributed by atoms with van der Waals surface area (Å²) in [6.07, 6.45) is 4.25. The summed E-state index contributed by atoms with van der Waals surface area (Å²) in [7, 11) is 3.68. The van der Waals surface area contributed by atoms with Gasteiger partial charge in [0.1, 0.15) is 5.69 Å². The average molecular weight is 363 g/mol. The molecule has 1 aromatic carbocycles. The number of aromatic amines is 1. The van der Waals surface area contributed by atoms with Crippen molar-refractivity contribution in [1.29, 1.82) is 0 Å². The molecule has 4 rings (SSSR count). The predicted octanol–water partition coefficient (Wildman–Crippen LogP) is 2.52. The van der Waals surface area contributed by atoms with E-state index in [-0.39, 0.29) is 5.91 Å². The average Bonchev–Trinajstić information content (AvgIpc) is 3.17. The van der Waals surface area contributed by atoms with Crippen LogP contribution in [0.1, 0.15) is 21.7 Å². The molecule has 3 aromatic rings. The number of imidazole rings is 1. The first kappa shape index (κ1) is 17.0. The third-order valence-corrected chi connectivity index (χ3v) is 4.73. The third-order valence-electron chi connectivity index (χ3n) is 4.73. The highest BCUT2D eigenvalue weighted by molar-refractivity contribution is 6.13. The van der Waals surface area contributed by atoms with Crippen molar-refractivity contribution in [3.63, 3.8) is 0 Å². The molecule has 1 aliphatic heterocycles. The van der Waals surface area contributed by atoms with E-state index in [1.54, 1.807) is 24.5 Å². The van der Waals surface area contributed by atoms with Crippen LogP contribution in [0.2, 0.25) is 0 Å². The third kappa shape index (κ3) is 2.99. The number of carbonyl (C=O) groups is 1. The van der Waals surface area contributed by atoms with Gasteiger partial charge in [-0.3, -0.25) is 4.79 Å². The lowest BCUT2D eigenvalue weighted by Gasteiger charge is -2.23. The van der Waals surface area contributed by atoms with Crippen LogP contribution >= 0.6 is 0 Å². The van der Waals surface area contributed by atoms with E-state index in [9.17, 15) is 4.79 Å². The smallest absolute Gasteiger partial charge is 0.260 e. The SMILES string of the molecule is Cc1nc(NCCc2cnc[nH]2)nc2c1N(C)C(=O)c1ccccc1N2C. The van der Waals surface area contributed by atoms with E-state index >= 15 is 0 Å². The summed E-state index contributed by atoms with van der Waals surface area (Å²) in [6, 6.07) is 7.56. The van der Waals surface area contributed by atoms with Gasteiger partial charge >= 0.3 is 0 Å². The summed E-state index contributed by atoms with van der Waals surface area (Å²) in [6.45, 7) is 2.57. The molecule has 0 radical (unpaired) electrons. The lowest BCUT2D eigenvalue weighted by Crippen LogP contribution is -2.26. The number of anilines is 4. The summed E-state index contributed by atoms with van der Waals surface area (Å²) in [5.41, 5.74) is 3.99. The van der Waals surface area contributed by atoms with Crippen molar-refractivity contribution >= 4 is 29.0 Å². The van der Waals surface area contributed by atoms with Crippen LogP contribution in [0.25, 0.3) is 0 Å². The Labute approximate surface area is 157 Å². The quantitative estimate of drug-likeness (QED) is 0.740. The number of para-hydroxylation sites is 1. The first-order valence-electron chi connectivity index (χ1n) is 8.77. The minimum Gasteiger partial charge on any atom is -0.354 e. The number of H-pyrrole nitrogens is 1. The maximum atomic E-state index is 12.9. The second-order valence-corrected chi connectivity index (χ2v) is 6.50. The Balaban J connectivity index is 1.69. The van der Waals surface area contributed by atoms with E-state index in [4.69, 9.17) is 4.98 Å². The number of benzene rings is 1. The Hall–Kier alpha value is -3.42. The van der Waals surface area contributed by atoms with E-state index in [0.717, 1.165) is 29.2 Å². The number of nitrogens with one attached hydrogen (secondary N) is 2. The zero-order valence-corrected chi connectivity index (χ0v) is 15.5. The fourth-order valence-electron chi connectivity index (χ4n) is 3.33. The van der Waals surface area contributed by atoms with Gasteiger partial charge < -0.3 is 20.1 Å². The molecule has 1 aliphatic rings. The summed E-state index contributed by atoms with van der Waals surface area (Å²) in [4.78, 5) is 32.8. The van der Waals surface area contributed by atoms with Crippen molar-refractivity contribution in [3.8, 4) is 0 Å². The van der Waals surface area contributed by atoms with Gasteiger partial charge in [-0.05, 0) is 19.1 Å². The molecule has 2 N–H and O–H groups in total. The number of carbonyl (C=O) groups excluding carboxylic acids is 1. The van der Waals surface area contributed by atoms with Crippen LogP contribution < -0.4 is 15.1 Å². The van der Waals surface area contributed by atoms with Gasteiger partial charge in [-0.2, -0.15) is 4.98 Å². The first-order chi connectivity index (χ1) is 13.1. The normalized spacial score (nSPS) is 13.2. The molecule has 27 heavy (non-hydrogen) atoms. The van der Waals surface area contributed by atoms with Crippen LogP contribution in [-0.4, -0.2) is 46.5 Å². The fourth-order valence-corrected chi connectivity index (χ4v) is 3.33. The largest absolute Gasteiger partial charge is 0.354 e. The molecule has 8 heteroatoms. The van der Waals surface area contributed by atoms with E-state index in [0.29, 0.717) is 23.9 Å². The van der Waals surface area contributed by atoms with Crippen molar-refractivity contribution in [2.24, 2.45) is 0 Å². The second-order valence-electron chi connectivity index (χ2n) is 6.50. The fraction of sp³-hybridized carbons (Fsp3) is 0.263. The number of hydrogen-bond acceptors (Lipinski definition) is 6. The van der Waals surface area contributed by atoms with Crippen LogP contribution in [0.3, 0.4) is 0 Å². The highest BCUT2D eigenvalue weighted by Crippen LogP contribution is 2.39. The molecule has 0 aliphatic carbocycles. The molecule has 2 aromatic heterocycles. The molecule has 8 nitrogen and oxygen atoms in total. The molecular formula is C19H21N7O. The van der Waals surface area contributed by atoms with Gasteiger partial charge in [0.25, 0.3) is 5.91 Å². The van der Waals surface area contributed by atoms with Gasteiger partial charge in [0.2, 0.25) is 5.95 Å². The Morgan fingerprint density at radius 3 is 2.74 bits per heavy atom. The molecule has 0 spiro atoms. The molecular weight excluding hydrogens is 342 g/mol. The van der Waals surface area contributed by atoms with Crippen molar-refractivity contribution < 1.29 is 4.79 Å². The highest BCUT2D eigenvalue weighted by Gasteiger charge is 2.30. The maximum absolute atomic E-state index is 12.9. The highest BCUT2D eigenvalue weighted by atomic mass is 16.2. The van der Waals surface area contributed by atoms with Crippen molar-refractivity contribution in [3.05, 3.63) is 53.7 Å². The Bertz CT molecular complexity index is 984. The Kier molecular flexibility index (Phi) is 4.23. The Morgan fingerprint density at radius 2 is 1.96 bits per heavy atom. The number of rotatable bonds is 4. The summed E-state index contributed by atoms with van der Waals surface area (Å²) in [5, 5.41) is 3.26. The van der Waals surface area contributed by atoms with Crippen molar-refractivity contribution in [2.45, 2.75) is 13.3 Å². The van der Waals surface area contributed by atoms with Gasteiger partial charge in [-0.25, -0.2) is 9.97 Å². The number of nitrogens with zero attached hydrogens (tertiary/aromatic N) is 5. The van der Waals surface area contributed by atoms with Gasteiger partial charge in [0, 0.05) is 39.0 Å². The molecule has 0 atom stereocenters. The zero-order chi connectivity index (χ0) is 19.0. The summed E-state index contributed by atoms with van der Waals surface area (Å²) < 4.78 is 0. The van der Waals surface area contributed by atoms with Gasteiger partial charge in [-0.15, -0.1) is 0 Å².